The maximum Gasteiger partial charge on any atom is 0.0656 e. The number of aromatic nitrogens is 1. The van der Waals surface area contributed by atoms with Crippen LogP contribution in [0.1, 0.15) is 30.5 Å². The van der Waals surface area contributed by atoms with Gasteiger partial charge in [-0.15, -0.1) is 11.3 Å². The molecular weight excluding hydrogens is 391 g/mol. The zero-order valence-corrected chi connectivity index (χ0v) is 14.8. The van der Waals surface area contributed by atoms with Crippen molar-refractivity contribution in [1.82, 2.24) is 10.3 Å². The molecule has 0 radical (unpaired) electrons. The summed E-state index contributed by atoms with van der Waals surface area (Å²) in [7, 11) is 0. The molecule has 3 aromatic rings. The average molecular weight is 408 g/mol. The normalized spacial score (nSPS) is 12.7. The molecule has 1 aromatic carbocycles. The third-order valence-electron chi connectivity index (χ3n) is 3.55. The monoisotopic (exact) mass is 408 g/mol. The molecule has 2 heterocycles. The van der Waals surface area contributed by atoms with Gasteiger partial charge in [0, 0.05) is 17.8 Å². The number of hydrogen-bond acceptors (Lipinski definition) is 3. The minimum Gasteiger partial charge on any atom is -0.306 e. The van der Waals surface area contributed by atoms with Gasteiger partial charge in [0.05, 0.1) is 8.93 Å². The van der Waals surface area contributed by atoms with E-state index in [9.17, 15) is 0 Å². The third-order valence-corrected chi connectivity index (χ3v) is 5.35. The fourth-order valence-electron chi connectivity index (χ4n) is 2.57. The molecule has 4 heteroatoms. The van der Waals surface area contributed by atoms with Gasteiger partial charge < -0.3 is 5.32 Å². The number of hydrogen-bond donors (Lipinski definition) is 1. The molecule has 1 atom stereocenters. The highest BCUT2D eigenvalue weighted by molar-refractivity contribution is 14.1. The Kier molecular flexibility index (Phi) is 4.87. The van der Waals surface area contributed by atoms with Crippen LogP contribution < -0.4 is 5.32 Å². The van der Waals surface area contributed by atoms with E-state index in [0.29, 0.717) is 0 Å². The molecule has 0 fully saturated rings. The van der Waals surface area contributed by atoms with Gasteiger partial charge in [-0.1, -0.05) is 25.1 Å². The Labute approximate surface area is 142 Å². The van der Waals surface area contributed by atoms with Crippen LogP contribution in [0.2, 0.25) is 0 Å². The van der Waals surface area contributed by atoms with Crippen molar-refractivity contribution >= 4 is 44.7 Å². The number of nitrogens with zero attached hydrogens (tertiary/aromatic N) is 1. The summed E-state index contributed by atoms with van der Waals surface area (Å²) in [6.07, 6.45) is 4.94. The van der Waals surface area contributed by atoms with Crippen molar-refractivity contribution in [2.75, 3.05) is 6.54 Å². The van der Waals surface area contributed by atoms with Crippen LogP contribution in [-0.4, -0.2) is 11.5 Å². The van der Waals surface area contributed by atoms with Crippen LogP contribution >= 0.6 is 33.9 Å². The molecule has 2 aromatic heterocycles. The molecule has 1 unspecified atom stereocenters. The Bertz CT molecular complexity index is 733. The summed E-state index contributed by atoms with van der Waals surface area (Å²) in [5, 5.41) is 8.43. The molecule has 0 aliphatic rings. The van der Waals surface area contributed by atoms with Crippen molar-refractivity contribution in [3.05, 3.63) is 62.1 Å². The molecule has 0 saturated carbocycles. The second kappa shape index (κ2) is 6.85. The molecule has 21 heavy (non-hydrogen) atoms. The molecule has 1 N–H and O–H groups in total. The van der Waals surface area contributed by atoms with Crippen molar-refractivity contribution in [2.24, 2.45) is 0 Å². The van der Waals surface area contributed by atoms with Crippen LogP contribution in [0, 0.1) is 2.88 Å². The first kappa shape index (κ1) is 14.9. The third kappa shape index (κ3) is 3.27. The Hall–Kier alpha value is -0.980. The van der Waals surface area contributed by atoms with E-state index in [0.717, 1.165) is 13.0 Å². The van der Waals surface area contributed by atoms with Gasteiger partial charge >= 0.3 is 0 Å². The Balaban J connectivity index is 2.09. The zero-order valence-electron chi connectivity index (χ0n) is 11.8. The number of halogens is 1. The number of thiophene rings is 1. The van der Waals surface area contributed by atoms with Crippen molar-refractivity contribution in [3.8, 4) is 0 Å². The van der Waals surface area contributed by atoms with Gasteiger partial charge in [-0.2, -0.15) is 0 Å². The molecular formula is C17H17IN2S. The summed E-state index contributed by atoms with van der Waals surface area (Å²) < 4.78 is 1.33. The molecule has 2 nitrogen and oxygen atoms in total. The summed E-state index contributed by atoms with van der Waals surface area (Å²) in [5.41, 5.74) is 2.68. The van der Waals surface area contributed by atoms with E-state index in [1.165, 1.54) is 24.8 Å². The second-order valence-corrected chi connectivity index (χ2v) is 7.82. The number of benzene rings is 1. The van der Waals surface area contributed by atoms with Crippen LogP contribution in [0.15, 0.2) is 48.1 Å². The van der Waals surface area contributed by atoms with E-state index in [4.69, 9.17) is 0 Å². The largest absolute Gasteiger partial charge is 0.306 e. The zero-order chi connectivity index (χ0) is 14.7. The van der Waals surface area contributed by atoms with E-state index >= 15 is 0 Å². The lowest BCUT2D eigenvalue weighted by atomic mass is 9.96. The molecule has 0 aliphatic carbocycles. The highest BCUT2D eigenvalue weighted by Crippen LogP contribution is 2.31. The Morgan fingerprint density at radius 3 is 3.00 bits per heavy atom. The number of pyridine rings is 1. The first-order valence-corrected chi connectivity index (χ1v) is 9.05. The highest BCUT2D eigenvalue weighted by Gasteiger charge is 2.17. The molecule has 0 spiro atoms. The fourth-order valence-corrected chi connectivity index (χ4v) is 3.97. The SMILES string of the molecule is CCCNC(c1csc(I)c1)c1cccc2cnccc12. The lowest BCUT2D eigenvalue weighted by Crippen LogP contribution is -2.23. The van der Waals surface area contributed by atoms with E-state index in [-0.39, 0.29) is 6.04 Å². The van der Waals surface area contributed by atoms with Crippen LogP contribution in [0.5, 0.6) is 0 Å². The van der Waals surface area contributed by atoms with Gasteiger partial charge in [-0.05, 0) is 69.6 Å². The van der Waals surface area contributed by atoms with Crippen molar-refractivity contribution in [3.63, 3.8) is 0 Å². The average Bonchev–Trinajstić information content (AvgIpc) is 2.94. The van der Waals surface area contributed by atoms with Gasteiger partial charge in [-0.3, -0.25) is 4.98 Å². The molecule has 3 rings (SSSR count). The van der Waals surface area contributed by atoms with E-state index in [1.807, 2.05) is 12.4 Å². The Morgan fingerprint density at radius 2 is 2.24 bits per heavy atom. The summed E-state index contributed by atoms with van der Waals surface area (Å²) in [6, 6.07) is 11.1. The summed E-state index contributed by atoms with van der Waals surface area (Å²) in [4.78, 5) is 4.23. The van der Waals surface area contributed by atoms with Crippen LogP contribution in [0.3, 0.4) is 0 Å². The fraction of sp³-hybridized carbons (Fsp3) is 0.235. The minimum atomic E-state index is 0.246. The molecule has 0 bridgehead atoms. The van der Waals surface area contributed by atoms with Crippen LogP contribution in [0.4, 0.5) is 0 Å². The van der Waals surface area contributed by atoms with Crippen LogP contribution in [-0.2, 0) is 0 Å². The molecule has 0 saturated heterocycles. The number of fused-ring (bicyclic) bond motifs is 1. The standard InChI is InChI=1S/C17H17IN2S/c1-2-7-20-17(13-9-16(18)21-11-13)15-5-3-4-12-10-19-8-6-14(12)15/h3-6,8-11,17,20H,2,7H2,1H3. The van der Waals surface area contributed by atoms with E-state index < -0.39 is 0 Å². The lowest BCUT2D eigenvalue weighted by molar-refractivity contribution is 0.603. The molecule has 0 amide bonds. The lowest BCUT2D eigenvalue weighted by Gasteiger charge is -2.20. The van der Waals surface area contributed by atoms with E-state index in [1.54, 1.807) is 11.3 Å². The van der Waals surface area contributed by atoms with Gasteiger partial charge in [0.15, 0.2) is 0 Å². The van der Waals surface area contributed by atoms with Crippen molar-refractivity contribution < 1.29 is 0 Å². The number of nitrogens with one attached hydrogen (secondary N) is 1. The first-order chi connectivity index (χ1) is 10.3. The first-order valence-electron chi connectivity index (χ1n) is 7.09. The molecule has 108 valence electrons. The van der Waals surface area contributed by atoms with Gasteiger partial charge in [0.25, 0.3) is 0 Å². The van der Waals surface area contributed by atoms with Gasteiger partial charge in [-0.25, -0.2) is 0 Å². The van der Waals surface area contributed by atoms with Crippen LogP contribution in [0.25, 0.3) is 10.8 Å². The predicted molar refractivity (Wildman–Crippen MR) is 98.9 cm³/mol. The summed E-state index contributed by atoms with van der Waals surface area (Å²) >= 11 is 4.19. The predicted octanol–water partition coefficient (Wildman–Crippen LogP) is 4.99. The Morgan fingerprint density at radius 1 is 1.33 bits per heavy atom. The maximum atomic E-state index is 4.23. The summed E-state index contributed by atoms with van der Waals surface area (Å²) in [5.74, 6) is 0. The quantitative estimate of drug-likeness (QED) is 0.602. The minimum absolute atomic E-state index is 0.246. The van der Waals surface area contributed by atoms with Gasteiger partial charge in [0.1, 0.15) is 0 Å². The van der Waals surface area contributed by atoms with Crippen molar-refractivity contribution in [1.29, 1.82) is 0 Å². The molecule has 0 aliphatic heterocycles. The van der Waals surface area contributed by atoms with E-state index in [2.05, 4.69) is 75.5 Å². The van der Waals surface area contributed by atoms with Crippen molar-refractivity contribution in [2.45, 2.75) is 19.4 Å². The maximum absolute atomic E-state index is 4.23. The smallest absolute Gasteiger partial charge is 0.0656 e. The number of rotatable bonds is 5. The highest BCUT2D eigenvalue weighted by atomic mass is 127. The second-order valence-electron chi connectivity index (χ2n) is 5.02. The van der Waals surface area contributed by atoms with Gasteiger partial charge in [0.2, 0.25) is 0 Å². The topological polar surface area (TPSA) is 24.9 Å². The summed E-state index contributed by atoms with van der Waals surface area (Å²) in [6.45, 7) is 3.22.